The lowest BCUT2D eigenvalue weighted by molar-refractivity contribution is 0.167. The molecule has 1 aliphatic rings. The molecular weight excluding hydrogens is 306 g/mol. The van der Waals surface area contributed by atoms with E-state index in [2.05, 4.69) is 29.6 Å². The van der Waals surface area contributed by atoms with Gasteiger partial charge in [-0.05, 0) is 57.3 Å². The molecule has 0 aromatic heterocycles. The van der Waals surface area contributed by atoms with E-state index < -0.39 is 0 Å². The third kappa shape index (κ3) is 5.74. The van der Waals surface area contributed by atoms with Crippen LogP contribution in [0.2, 0.25) is 0 Å². The first-order valence-corrected chi connectivity index (χ1v) is 9.68. The molecule has 0 saturated heterocycles. The normalized spacial score (nSPS) is 17.0. The van der Waals surface area contributed by atoms with Crippen LogP contribution in [0, 0.1) is 5.92 Å². The molecule has 1 fully saturated rings. The van der Waals surface area contributed by atoms with Crippen LogP contribution in [0.25, 0.3) is 0 Å². The molecule has 1 aromatic rings. The number of amides is 2. The summed E-state index contributed by atoms with van der Waals surface area (Å²) in [5.41, 5.74) is 0.841. The molecule has 0 bridgehead atoms. The van der Waals surface area contributed by atoms with Gasteiger partial charge in [0.15, 0.2) is 0 Å². The molecule has 0 radical (unpaired) electrons. The summed E-state index contributed by atoms with van der Waals surface area (Å²) < 4.78 is 0. The minimum atomic E-state index is -0.120. The van der Waals surface area contributed by atoms with Crippen molar-refractivity contribution in [2.24, 2.45) is 5.92 Å². The number of carbonyl (C=O) groups excluding carboxylic acids is 1. The van der Waals surface area contributed by atoms with Gasteiger partial charge in [-0.1, -0.05) is 25.3 Å². The summed E-state index contributed by atoms with van der Waals surface area (Å²) in [7, 11) is 4.22. The van der Waals surface area contributed by atoms with Crippen LogP contribution >= 0.6 is 11.8 Å². The highest BCUT2D eigenvalue weighted by atomic mass is 32.2. The van der Waals surface area contributed by atoms with Gasteiger partial charge in [0.2, 0.25) is 0 Å². The molecule has 1 saturated carbocycles. The predicted octanol–water partition coefficient (Wildman–Crippen LogP) is 4.04. The molecule has 0 spiro atoms. The third-order valence-corrected chi connectivity index (χ3v) is 5.38. The van der Waals surface area contributed by atoms with E-state index in [0.29, 0.717) is 18.5 Å². The number of rotatable bonds is 6. The molecule has 2 N–H and O–H groups in total. The Balaban J connectivity index is 1.85. The second kappa shape index (κ2) is 9.18. The van der Waals surface area contributed by atoms with E-state index in [1.807, 2.05) is 30.5 Å². The van der Waals surface area contributed by atoms with Crippen LogP contribution in [-0.2, 0) is 0 Å². The molecule has 0 aliphatic heterocycles. The van der Waals surface area contributed by atoms with Gasteiger partial charge in [0.25, 0.3) is 0 Å². The smallest absolute Gasteiger partial charge is 0.319 e. The summed E-state index contributed by atoms with van der Waals surface area (Å²) in [5.74, 6) is 0.693. The summed E-state index contributed by atoms with van der Waals surface area (Å²) in [6, 6.07) is 8.22. The fraction of sp³-hybridized carbons (Fsp3) is 0.611. The molecule has 1 aliphatic carbocycles. The average molecular weight is 336 g/mol. The number of thioether (sulfide) groups is 1. The molecular formula is C18H29N3OS. The van der Waals surface area contributed by atoms with E-state index in [-0.39, 0.29) is 6.03 Å². The van der Waals surface area contributed by atoms with E-state index in [4.69, 9.17) is 0 Å². The number of hydrogen-bond acceptors (Lipinski definition) is 3. The van der Waals surface area contributed by atoms with Crippen LogP contribution in [0.5, 0.6) is 0 Å². The third-order valence-electron chi connectivity index (χ3n) is 4.66. The summed E-state index contributed by atoms with van der Waals surface area (Å²) in [6.45, 7) is 0.700. The van der Waals surface area contributed by atoms with Gasteiger partial charge < -0.3 is 15.5 Å². The minimum absolute atomic E-state index is 0.120. The number of carbonyl (C=O) groups is 1. The highest BCUT2D eigenvalue weighted by molar-refractivity contribution is 7.98. The lowest BCUT2D eigenvalue weighted by Crippen LogP contribution is -2.46. The van der Waals surface area contributed by atoms with Crippen molar-refractivity contribution in [3.05, 3.63) is 24.3 Å². The molecule has 2 rings (SSSR count). The number of nitrogens with zero attached hydrogens (tertiary/aromatic N) is 1. The van der Waals surface area contributed by atoms with Gasteiger partial charge >= 0.3 is 6.03 Å². The molecule has 0 heterocycles. The van der Waals surface area contributed by atoms with Crippen LogP contribution in [0.15, 0.2) is 29.2 Å². The van der Waals surface area contributed by atoms with Crippen molar-refractivity contribution in [1.82, 2.24) is 10.2 Å². The number of hydrogen-bond donors (Lipinski definition) is 2. The molecule has 5 heteroatoms. The monoisotopic (exact) mass is 335 g/mol. The number of benzene rings is 1. The van der Waals surface area contributed by atoms with E-state index in [1.54, 1.807) is 11.8 Å². The summed E-state index contributed by atoms with van der Waals surface area (Å²) >= 11 is 1.67. The highest BCUT2D eigenvalue weighted by Gasteiger charge is 2.25. The first-order chi connectivity index (χ1) is 11.1. The van der Waals surface area contributed by atoms with Gasteiger partial charge in [-0.3, -0.25) is 0 Å². The van der Waals surface area contributed by atoms with Gasteiger partial charge in [0.05, 0.1) is 0 Å². The highest BCUT2D eigenvalue weighted by Crippen LogP contribution is 2.28. The Kier molecular flexibility index (Phi) is 7.24. The second-order valence-corrected chi connectivity index (χ2v) is 7.38. The maximum Gasteiger partial charge on any atom is 0.319 e. The van der Waals surface area contributed by atoms with Crippen LogP contribution < -0.4 is 10.6 Å². The number of nitrogens with one attached hydrogen (secondary N) is 2. The first-order valence-electron chi connectivity index (χ1n) is 8.45. The van der Waals surface area contributed by atoms with Crippen molar-refractivity contribution >= 4 is 23.5 Å². The topological polar surface area (TPSA) is 44.4 Å². The van der Waals surface area contributed by atoms with Crippen LogP contribution in [0.4, 0.5) is 10.5 Å². The Bertz CT molecular complexity index is 501. The average Bonchev–Trinajstić information content (AvgIpc) is 2.56. The zero-order valence-corrected chi connectivity index (χ0v) is 15.3. The number of urea groups is 1. The maximum absolute atomic E-state index is 12.2. The largest absolute Gasteiger partial charge is 0.336 e. The zero-order valence-electron chi connectivity index (χ0n) is 14.5. The van der Waals surface area contributed by atoms with Crippen LogP contribution in [0.3, 0.4) is 0 Å². The fourth-order valence-corrected chi connectivity index (χ4v) is 3.82. The van der Waals surface area contributed by atoms with Crippen LogP contribution in [0.1, 0.15) is 32.1 Å². The van der Waals surface area contributed by atoms with Gasteiger partial charge in [0.1, 0.15) is 0 Å². The van der Waals surface area contributed by atoms with E-state index in [1.165, 1.54) is 32.1 Å². The van der Waals surface area contributed by atoms with Crippen LogP contribution in [-0.4, -0.2) is 43.9 Å². The molecule has 1 atom stereocenters. The number of likely N-dealkylation sites (N-methyl/N-ethyl adjacent to an activating group) is 1. The molecule has 1 aromatic carbocycles. The predicted molar refractivity (Wildman–Crippen MR) is 99.3 cm³/mol. The summed E-state index contributed by atoms with van der Waals surface area (Å²) in [5, 5.41) is 5.98. The maximum atomic E-state index is 12.2. The standard InChI is InChI=1S/C18H29N3OS/c1-21(2)17(14-8-5-4-6-9-14)13-19-18(22)20-15-10-7-11-16(12-15)23-3/h7,10-12,14,17H,4-6,8-9,13H2,1-3H3,(H2,19,20,22)/t17-/m1/s1. The van der Waals surface area contributed by atoms with Gasteiger partial charge in [-0.25, -0.2) is 4.79 Å². The Labute approximate surface area is 144 Å². The van der Waals surface area contributed by atoms with E-state index in [9.17, 15) is 4.79 Å². The molecule has 2 amide bonds. The van der Waals surface area contributed by atoms with Crippen molar-refractivity contribution < 1.29 is 4.79 Å². The Morgan fingerprint density at radius 2 is 2.04 bits per heavy atom. The van der Waals surface area contributed by atoms with Gasteiger partial charge in [-0.15, -0.1) is 11.8 Å². The van der Waals surface area contributed by atoms with E-state index >= 15 is 0 Å². The van der Waals surface area contributed by atoms with Gasteiger partial charge in [0, 0.05) is 23.2 Å². The lowest BCUT2D eigenvalue weighted by Gasteiger charge is -2.34. The Hall–Kier alpha value is -1.20. The summed E-state index contributed by atoms with van der Waals surface area (Å²) in [4.78, 5) is 15.6. The molecule has 4 nitrogen and oxygen atoms in total. The second-order valence-electron chi connectivity index (χ2n) is 6.50. The van der Waals surface area contributed by atoms with Crippen molar-refractivity contribution in [3.8, 4) is 0 Å². The summed E-state index contributed by atoms with van der Waals surface area (Å²) in [6.07, 6.45) is 8.59. The fourth-order valence-electron chi connectivity index (χ4n) is 3.36. The SMILES string of the molecule is CSc1cccc(NC(=O)NC[C@H](C2CCCCC2)N(C)C)c1. The van der Waals surface area contributed by atoms with E-state index in [0.717, 1.165) is 10.6 Å². The minimum Gasteiger partial charge on any atom is -0.336 e. The molecule has 128 valence electrons. The van der Waals surface area contributed by atoms with Crippen molar-refractivity contribution in [1.29, 1.82) is 0 Å². The van der Waals surface area contributed by atoms with Gasteiger partial charge in [-0.2, -0.15) is 0 Å². The molecule has 0 unspecified atom stereocenters. The number of anilines is 1. The lowest BCUT2D eigenvalue weighted by atomic mass is 9.83. The quantitative estimate of drug-likeness (QED) is 0.771. The van der Waals surface area contributed by atoms with Crippen molar-refractivity contribution in [3.63, 3.8) is 0 Å². The Morgan fingerprint density at radius 3 is 2.70 bits per heavy atom. The Morgan fingerprint density at radius 1 is 1.30 bits per heavy atom. The van der Waals surface area contributed by atoms with Crippen molar-refractivity contribution in [2.75, 3.05) is 32.2 Å². The molecule has 23 heavy (non-hydrogen) atoms. The van der Waals surface area contributed by atoms with Crippen molar-refractivity contribution in [2.45, 2.75) is 43.0 Å². The first kappa shape index (κ1) is 18.1. The zero-order chi connectivity index (χ0) is 16.7.